The Morgan fingerprint density at radius 2 is 1.75 bits per heavy atom. The maximum Gasteiger partial charge on any atom is 0.251 e. The molecule has 150 valence electrons. The van der Waals surface area contributed by atoms with Crippen LogP contribution in [0.15, 0.2) is 59.5 Å². The Morgan fingerprint density at radius 3 is 2.39 bits per heavy atom. The van der Waals surface area contributed by atoms with E-state index in [4.69, 9.17) is 4.74 Å². The quantitative estimate of drug-likeness (QED) is 0.805. The van der Waals surface area contributed by atoms with Gasteiger partial charge >= 0.3 is 0 Å². The van der Waals surface area contributed by atoms with Gasteiger partial charge in [0.1, 0.15) is 0 Å². The van der Waals surface area contributed by atoms with Crippen LogP contribution >= 0.6 is 0 Å². The van der Waals surface area contributed by atoms with Gasteiger partial charge in [-0.1, -0.05) is 36.4 Å². The Labute approximate surface area is 166 Å². The van der Waals surface area contributed by atoms with Crippen LogP contribution in [-0.4, -0.2) is 52.5 Å². The van der Waals surface area contributed by atoms with E-state index in [0.717, 1.165) is 17.1 Å². The number of nitrogens with zero attached hydrogens (tertiary/aromatic N) is 1. The van der Waals surface area contributed by atoms with Crippen molar-refractivity contribution in [3.05, 3.63) is 65.7 Å². The van der Waals surface area contributed by atoms with Crippen molar-refractivity contribution in [1.82, 2.24) is 9.62 Å². The van der Waals surface area contributed by atoms with E-state index in [2.05, 4.69) is 17.4 Å². The van der Waals surface area contributed by atoms with Crippen molar-refractivity contribution < 1.29 is 17.9 Å². The number of hydrogen-bond donors (Lipinski definition) is 1. The third-order valence-electron chi connectivity index (χ3n) is 5.30. The van der Waals surface area contributed by atoms with Crippen LogP contribution in [0.25, 0.3) is 0 Å². The molecular formula is C21H26N2O4S. The van der Waals surface area contributed by atoms with Gasteiger partial charge in [0.25, 0.3) is 5.91 Å². The molecule has 0 bridgehead atoms. The predicted octanol–water partition coefficient (Wildman–Crippen LogP) is 2.42. The summed E-state index contributed by atoms with van der Waals surface area (Å²) in [5.74, 6) is -0.280. The Kier molecular flexibility index (Phi) is 6.17. The normalized spacial score (nSPS) is 16.7. The van der Waals surface area contributed by atoms with Crippen LogP contribution in [0.3, 0.4) is 0 Å². The maximum absolute atomic E-state index is 12.8. The second-order valence-corrected chi connectivity index (χ2v) is 9.41. The highest BCUT2D eigenvalue weighted by Crippen LogP contribution is 2.34. The molecule has 0 aliphatic carbocycles. The molecule has 6 nitrogen and oxygen atoms in total. The summed E-state index contributed by atoms with van der Waals surface area (Å²) in [6, 6.07) is 16.3. The lowest BCUT2D eigenvalue weighted by atomic mass is 9.74. The third kappa shape index (κ3) is 4.27. The zero-order valence-electron chi connectivity index (χ0n) is 16.2. The summed E-state index contributed by atoms with van der Waals surface area (Å²) in [4.78, 5) is 12.9. The molecule has 7 heteroatoms. The van der Waals surface area contributed by atoms with Gasteiger partial charge < -0.3 is 10.1 Å². The highest BCUT2D eigenvalue weighted by Gasteiger charge is 2.34. The summed E-state index contributed by atoms with van der Waals surface area (Å²) < 4.78 is 31.3. The van der Waals surface area contributed by atoms with E-state index in [1.165, 1.54) is 31.8 Å². The molecular weight excluding hydrogens is 376 g/mol. The average molecular weight is 403 g/mol. The fraction of sp³-hybridized carbons (Fsp3) is 0.381. The number of amides is 1. The molecule has 1 saturated heterocycles. The Hall–Kier alpha value is -2.22. The minimum absolute atomic E-state index is 0.106. The van der Waals surface area contributed by atoms with E-state index in [9.17, 15) is 13.2 Å². The van der Waals surface area contributed by atoms with E-state index >= 15 is 0 Å². The SMILES string of the molecule is CN(C)S(=O)(=O)c1cccc(C(=O)NCC2(c3ccccc3)CCOCC2)c1. The van der Waals surface area contributed by atoms with Crippen LogP contribution in [0.4, 0.5) is 0 Å². The van der Waals surface area contributed by atoms with Crippen molar-refractivity contribution in [2.45, 2.75) is 23.2 Å². The van der Waals surface area contributed by atoms with E-state index in [1.54, 1.807) is 12.1 Å². The summed E-state index contributed by atoms with van der Waals surface area (Å²) in [6.07, 6.45) is 1.65. The fourth-order valence-corrected chi connectivity index (χ4v) is 4.43. The Morgan fingerprint density at radius 1 is 1.07 bits per heavy atom. The number of carbonyl (C=O) groups is 1. The minimum atomic E-state index is -3.59. The highest BCUT2D eigenvalue weighted by molar-refractivity contribution is 7.89. The van der Waals surface area contributed by atoms with Gasteiger partial charge in [0, 0.05) is 44.8 Å². The van der Waals surface area contributed by atoms with Gasteiger partial charge in [0.2, 0.25) is 10.0 Å². The number of rotatable bonds is 6. The van der Waals surface area contributed by atoms with E-state index in [-0.39, 0.29) is 16.2 Å². The van der Waals surface area contributed by atoms with E-state index in [0.29, 0.717) is 25.3 Å². The zero-order valence-corrected chi connectivity index (χ0v) is 17.0. The molecule has 0 atom stereocenters. The van der Waals surface area contributed by atoms with E-state index < -0.39 is 10.0 Å². The summed E-state index contributed by atoms with van der Waals surface area (Å²) in [5, 5.41) is 3.01. The van der Waals surface area contributed by atoms with Crippen molar-refractivity contribution in [2.24, 2.45) is 0 Å². The van der Waals surface area contributed by atoms with Gasteiger partial charge in [0.15, 0.2) is 0 Å². The highest BCUT2D eigenvalue weighted by atomic mass is 32.2. The first kappa shape index (κ1) is 20.5. The second kappa shape index (κ2) is 8.43. The van der Waals surface area contributed by atoms with Gasteiger partial charge in [-0.2, -0.15) is 0 Å². The van der Waals surface area contributed by atoms with E-state index in [1.807, 2.05) is 18.2 Å². The summed E-state index contributed by atoms with van der Waals surface area (Å²) >= 11 is 0. The molecule has 0 unspecified atom stereocenters. The van der Waals surface area contributed by atoms with Gasteiger partial charge in [-0.15, -0.1) is 0 Å². The minimum Gasteiger partial charge on any atom is -0.381 e. The topological polar surface area (TPSA) is 75.7 Å². The molecule has 0 aromatic heterocycles. The first-order valence-electron chi connectivity index (χ1n) is 9.29. The first-order valence-corrected chi connectivity index (χ1v) is 10.7. The number of hydrogen-bond acceptors (Lipinski definition) is 4. The molecule has 1 amide bonds. The molecule has 0 spiro atoms. The number of benzene rings is 2. The third-order valence-corrected chi connectivity index (χ3v) is 7.11. The number of sulfonamides is 1. The van der Waals surface area contributed by atoms with Crippen LogP contribution in [0.2, 0.25) is 0 Å². The number of nitrogens with one attached hydrogen (secondary N) is 1. The van der Waals surface area contributed by atoms with Crippen LogP contribution in [0, 0.1) is 0 Å². The molecule has 1 aliphatic heterocycles. The van der Waals surface area contributed by atoms with Crippen molar-refractivity contribution >= 4 is 15.9 Å². The molecule has 1 aliphatic rings. The monoisotopic (exact) mass is 402 g/mol. The fourth-order valence-electron chi connectivity index (χ4n) is 3.48. The van der Waals surface area contributed by atoms with Crippen molar-refractivity contribution in [3.63, 3.8) is 0 Å². The summed E-state index contributed by atoms with van der Waals surface area (Å²) in [6.45, 7) is 1.78. The molecule has 3 rings (SSSR count). The predicted molar refractivity (Wildman–Crippen MR) is 108 cm³/mol. The Balaban J connectivity index is 1.79. The lowest BCUT2D eigenvalue weighted by molar-refractivity contribution is 0.0487. The van der Waals surface area contributed by atoms with Crippen molar-refractivity contribution in [1.29, 1.82) is 0 Å². The zero-order chi connectivity index (χ0) is 20.2. The largest absolute Gasteiger partial charge is 0.381 e. The molecule has 1 heterocycles. The molecule has 1 N–H and O–H groups in total. The number of ether oxygens (including phenoxy) is 1. The molecule has 2 aromatic rings. The Bertz CT molecular complexity index is 920. The van der Waals surface area contributed by atoms with Gasteiger partial charge in [0.05, 0.1) is 4.90 Å². The van der Waals surface area contributed by atoms with Gasteiger partial charge in [-0.25, -0.2) is 12.7 Å². The van der Waals surface area contributed by atoms with Gasteiger partial charge in [-0.05, 0) is 36.6 Å². The average Bonchev–Trinajstić information content (AvgIpc) is 2.73. The second-order valence-electron chi connectivity index (χ2n) is 7.26. The lowest BCUT2D eigenvalue weighted by Crippen LogP contribution is -2.44. The summed E-state index contributed by atoms with van der Waals surface area (Å²) in [5.41, 5.74) is 1.34. The van der Waals surface area contributed by atoms with Crippen LogP contribution in [-0.2, 0) is 20.2 Å². The van der Waals surface area contributed by atoms with Crippen molar-refractivity contribution in [2.75, 3.05) is 33.9 Å². The maximum atomic E-state index is 12.8. The molecule has 28 heavy (non-hydrogen) atoms. The molecule has 2 aromatic carbocycles. The number of carbonyl (C=O) groups excluding carboxylic acids is 1. The van der Waals surface area contributed by atoms with Crippen molar-refractivity contribution in [3.8, 4) is 0 Å². The molecule has 0 radical (unpaired) electrons. The summed E-state index contributed by atoms with van der Waals surface area (Å²) in [7, 11) is -0.648. The molecule has 0 saturated carbocycles. The van der Waals surface area contributed by atoms with Crippen LogP contribution < -0.4 is 5.32 Å². The smallest absolute Gasteiger partial charge is 0.251 e. The van der Waals surface area contributed by atoms with Crippen LogP contribution in [0.5, 0.6) is 0 Å². The van der Waals surface area contributed by atoms with Crippen LogP contribution in [0.1, 0.15) is 28.8 Å². The lowest BCUT2D eigenvalue weighted by Gasteiger charge is -2.38. The van der Waals surface area contributed by atoms with Gasteiger partial charge in [-0.3, -0.25) is 4.79 Å². The molecule has 1 fully saturated rings. The standard InChI is InChI=1S/C21H26N2O4S/c1-23(2)28(25,26)19-10-6-7-17(15-19)20(24)22-16-21(11-13-27-14-12-21)18-8-4-3-5-9-18/h3-10,15H,11-14,16H2,1-2H3,(H,22,24). The first-order chi connectivity index (χ1) is 13.3.